The van der Waals surface area contributed by atoms with Gasteiger partial charge in [-0.1, -0.05) is 47.5 Å². The molecule has 0 aromatic heterocycles. The molecule has 3 nitrogen and oxygen atoms in total. The van der Waals surface area contributed by atoms with Crippen molar-refractivity contribution in [2.24, 2.45) is 0 Å². The van der Waals surface area contributed by atoms with Crippen molar-refractivity contribution in [2.45, 2.75) is 6.92 Å². The number of carbonyl (C=O) groups is 2. The second-order valence-electron chi connectivity index (χ2n) is 5.69. The number of imide groups is 1. The van der Waals surface area contributed by atoms with Crippen molar-refractivity contribution in [3.8, 4) is 0 Å². The largest absolute Gasteiger partial charge is 0.268 e. The van der Waals surface area contributed by atoms with Gasteiger partial charge in [0.25, 0.3) is 11.8 Å². The number of hydrogen-bond acceptors (Lipinski definition) is 2. The number of carbonyl (C=O) groups excluding carboxylic acids is 2. The summed E-state index contributed by atoms with van der Waals surface area (Å²) in [7, 11) is 0. The Kier molecular flexibility index (Phi) is 3.37. The van der Waals surface area contributed by atoms with E-state index in [1.807, 2.05) is 24.3 Å². The van der Waals surface area contributed by atoms with Gasteiger partial charge in [-0.3, -0.25) is 9.59 Å². The molecule has 0 N–H and O–H groups in total. The number of hydrogen-bond donors (Lipinski definition) is 0. The van der Waals surface area contributed by atoms with E-state index < -0.39 is 0 Å². The van der Waals surface area contributed by atoms with Crippen LogP contribution in [0.4, 0.5) is 5.69 Å². The third-order valence-corrected chi connectivity index (χ3v) is 5.08. The van der Waals surface area contributed by atoms with E-state index in [2.05, 4.69) is 0 Å². The van der Waals surface area contributed by atoms with Crippen LogP contribution in [0.1, 0.15) is 26.3 Å². The van der Waals surface area contributed by atoms with Crippen LogP contribution in [0.3, 0.4) is 0 Å². The lowest BCUT2D eigenvalue weighted by molar-refractivity contribution is 0.0893. The maximum atomic E-state index is 12.9. The first kappa shape index (κ1) is 15.2. The van der Waals surface area contributed by atoms with Gasteiger partial charge in [-0.15, -0.1) is 0 Å². The number of rotatable bonds is 1. The van der Waals surface area contributed by atoms with E-state index in [4.69, 9.17) is 23.2 Å². The van der Waals surface area contributed by atoms with Crippen LogP contribution < -0.4 is 4.90 Å². The summed E-state index contributed by atoms with van der Waals surface area (Å²) in [6.45, 7) is 1.78. The van der Waals surface area contributed by atoms with Crippen molar-refractivity contribution in [2.75, 3.05) is 4.90 Å². The third kappa shape index (κ3) is 2.05. The summed E-state index contributed by atoms with van der Waals surface area (Å²) in [4.78, 5) is 27.0. The molecule has 5 heteroatoms. The average Bonchev–Trinajstić information content (AvgIpc) is 2.57. The minimum absolute atomic E-state index is 0.372. The SMILES string of the molecule is Cc1c(Cl)cc(N2C(=O)c3cccc4cccc(c34)C2=O)cc1Cl. The Morgan fingerprint density at radius 3 is 1.83 bits per heavy atom. The van der Waals surface area contributed by atoms with Crippen LogP contribution >= 0.6 is 23.2 Å². The summed E-state index contributed by atoms with van der Waals surface area (Å²) in [6.07, 6.45) is 0. The molecular weight excluding hydrogens is 345 g/mol. The van der Waals surface area contributed by atoms with Gasteiger partial charge in [-0.2, -0.15) is 0 Å². The molecule has 0 saturated heterocycles. The molecule has 0 atom stereocenters. The van der Waals surface area contributed by atoms with Gasteiger partial charge in [0.1, 0.15) is 0 Å². The number of amides is 2. The smallest absolute Gasteiger partial charge is 0.265 e. The van der Waals surface area contributed by atoms with Gasteiger partial charge in [0.05, 0.1) is 5.69 Å². The topological polar surface area (TPSA) is 37.4 Å². The van der Waals surface area contributed by atoms with Crippen molar-refractivity contribution in [3.63, 3.8) is 0 Å². The summed E-state index contributed by atoms with van der Waals surface area (Å²) < 4.78 is 0. The molecule has 0 aliphatic carbocycles. The summed E-state index contributed by atoms with van der Waals surface area (Å²) >= 11 is 12.4. The Balaban J connectivity index is 1.98. The molecule has 4 rings (SSSR count). The van der Waals surface area contributed by atoms with Gasteiger partial charge < -0.3 is 0 Å². The Morgan fingerprint density at radius 2 is 1.33 bits per heavy atom. The molecule has 1 aliphatic heterocycles. The van der Waals surface area contributed by atoms with Gasteiger partial charge in [0, 0.05) is 26.6 Å². The quantitative estimate of drug-likeness (QED) is 0.558. The molecule has 0 unspecified atom stereocenters. The molecular formula is C19H11Cl2NO2. The summed E-state index contributed by atoms with van der Waals surface area (Å²) in [5.41, 5.74) is 2.07. The van der Waals surface area contributed by atoms with E-state index in [1.54, 1.807) is 31.2 Å². The predicted octanol–water partition coefficient (Wildman–Crippen LogP) is 5.26. The standard InChI is InChI=1S/C19H11Cl2NO2/c1-10-15(20)8-12(9-16(10)21)22-18(23)13-6-2-4-11-5-3-7-14(17(11)13)19(22)24/h2-9H,1H3. The van der Waals surface area contributed by atoms with Crippen LogP contribution in [-0.2, 0) is 0 Å². The number of halogens is 2. The third-order valence-electron chi connectivity index (χ3n) is 4.30. The van der Waals surface area contributed by atoms with E-state index in [-0.39, 0.29) is 11.8 Å². The predicted molar refractivity (Wildman–Crippen MR) is 96.3 cm³/mol. The highest BCUT2D eigenvalue weighted by molar-refractivity contribution is 6.39. The van der Waals surface area contributed by atoms with E-state index in [0.29, 0.717) is 37.8 Å². The van der Waals surface area contributed by atoms with Gasteiger partial charge in [-0.25, -0.2) is 4.90 Å². The van der Waals surface area contributed by atoms with Gasteiger partial charge in [0.2, 0.25) is 0 Å². The normalized spacial score (nSPS) is 13.7. The lowest BCUT2D eigenvalue weighted by Crippen LogP contribution is -2.40. The highest BCUT2D eigenvalue weighted by Crippen LogP contribution is 2.36. The average molecular weight is 356 g/mol. The zero-order chi connectivity index (χ0) is 17.0. The van der Waals surface area contributed by atoms with Crippen LogP contribution in [0.2, 0.25) is 10.0 Å². The molecule has 118 valence electrons. The summed E-state index contributed by atoms with van der Waals surface area (Å²) in [6, 6.07) is 14.0. The molecule has 0 spiro atoms. The summed E-state index contributed by atoms with van der Waals surface area (Å²) in [5, 5.41) is 2.38. The molecule has 2 amide bonds. The number of nitrogens with zero attached hydrogens (tertiary/aromatic N) is 1. The second-order valence-corrected chi connectivity index (χ2v) is 6.50. The van der Waals surface area contributed by atoms with E-state index in [9.17, 15) is 9.59 Å². The lowest BCUT2D eigenvalue weighted by Gasteiger charge is -2.27. The maximum Gasteiger partial charge on any atom is 0.265 e. The van der Waals surface area contributed by atoms with Crippen molar-refractivity contribution in [3.05, 3.63) is 75.3 Å². The fourth-order valence-electron chi connectivity index (χ4n) is 3.03. The van der Waals surface area contributed by atoms with Crippen LogP contribution in [-0.4, -0.2) is 11.8 Å². The minimum Gasteiger partial charge on any atom is -0.268 e. The fraction of sp³-hybridized carbons (Fsp3) is 0.0526. The first-order valence-corrected chi connectivity index (χ1v) is 8.11. The Bertz CT molecular complexity index is 969. The van der Waals surface area contributed by atoms with Gasteiger partial charge in [0.15, 0.2) is 0 Å². The molecule has 0 radical (unpaired) electrons. The molecule has 3 aromatic rings. The second kappa shape index (κ2) is 5.33. The first-order chi connectivity index (χ1) is 11.5. The zero-order valence-corrected chi connectivity index (χ0v) is 14.2. The van der Waals surface area contributed by atoms with Crippen LogP contribution in [0.5, 0.6) is 0 Å². The van der Waals surface area contributed by atoms with Crippen molar-refractivity contribution in [1.29, 1.82) is 0 Å². The Hall–Kier alpha value is -2.36. The van der Waals surface area contributed by atoms with E-state index >= 15 is 0 Å². The molecule has 3 aromatic carbocycles. The number of benzene rings is 3. The lowest BCUT2D eigenvalue weighted by atomic mass is 9.94. The van der Waals surface area contributed by atoms with Crippen molar-refractivity contribution >= 4 is 51.5 Å². The van der Waals surface area contributed by atoms with Crippen LogP contribution in [0, 0.1) is 6.92 Å². The molecule has 24 heavy (non-hydrogen) atoms. The number of anilines is 1. The Morgan fingerprint density at radius 1 is 0.833 bits per heavy atom. The van der Waals surface area contributed by atoms with Gasteiger partial charge >= 0.3 is 0 Å². The fourth-order valence-corrected chi connectivity index (χ4v) is 3.50. The minimum atomic E-state index is -0.375. The maximum absolute atomic E-state index is 12.9. The molecule has 1 aliphatic rings. The molecule has 0 fully saturated rings. The highest BCUT2D eigenvalue weighted by Gasteiger charge is 2.34. The van der Waals surface area contributed by atoms with Crippen molar-refractivity contribution < 1.29 is 9.59 Å². The van der Waals surface area contributed by atoms with Crippen LogP contribution in [0.15, 0.2) is 48.5 Å². The summed E-state index contributed by atoms with van der Waals surface area (Å²) in [5.74, 6) is -0.749. The van der Waals surface area contributed by atoms with Crippen molar-refractivity contribution in [1.82, 2.24) is 0 Å². The Labute approximate surface area is 148 Å². The molecule has 1 heterocycles. The van der Waals surface area contributed by atoms with Gasteiger partial charge in [-0.05, 0) is 42.1 Å². The van der Waals surface area contributed by atoms with E-state index in [1.165, 1.54) is 0 Å². The molecule has 0 bridgehead atoms. The zero-order valence-electron chi connectivity index (χ0n) is 12.6. The molecule has 0 saturated carbocycles. The monoisotopic (exact) mass is 355 g/mol. The highest BCUT2D eigenvalue weighted by atomic mass is 35.5. The first-order valence-electron chi connectivity index (χ1n) is 7.35. The van der Waals surface area contributed by atoms with E-state index in [0.717, 1.165) is 10.3 Å². The van der Waals surface area contributed by atoms with Crippen LogP contribution in [0.25, 0.3) is 10.8 Å².